The van der Waals surface area contributed by atoms with Crippen LogP contribution in [-0.2, 0) is 0 Å². The Hall–Kier alpha value is -1.65. The van der Waals surface area contributed by atoms with E-state index in [4.69, 9.17) is 23.2 Å². The van der Waals surface area contributed by atoms with Crippen LogP contribution in [0.5, 0.6) is 0 Å². The fraction of sp³-hybridized carbons (Fsp3) is 0. The number of nitrogens with one attached hydrogen (secondary N) is 1. The molecule has 0 saturated heterocycles. The van der Waals surface area contributed by atoms with Crippen LogP contribution in [0, 0.1) is 5.82 Å². The van der Waals surface area contributed by atoms with E-state index >= 15 is 0 Å². The van der Waals surface area contributed by atoms with E-state index in [1.165, 1.54) is 30.6 Å². The van der Waals surface area contributed by atoms with Crippen LogP contribution in [0.2, 0.25) is 10.0 Å². The predicted molar refractivity (Wildman–Crippen MR) is 68.6 cm³/mol. The summed E-state index contributed by atoms with van der Waals surface area (Å²) in [5, 5.41) is 2.74. The average Bonchev–Trinajstić information content (AvgIpc) is 2.34. The van der Waals surface area contributed by atoms with E-state index in [9.17, 15) is 9.18 Å². The van der Waals surface area contributed by atoms with Gasteiger partial charge in [0.05, 0.1) is 15.6 Å². The van der Waals surface area contributed by atoms with Gasteiger partial charge in [-0.05, 0) is 24.3 Å². The first-order valence-corrected chi connectivity index (χ1v) is 5.69. The zero-order valence-corrected chi connectivity index (χ0v) is 10.5. The van der Waals surface area contributed by atoms with Crippen molar-refractivity contribution in [2.45, 2.75) is 0 Å². The zero-order valence-electron chi connectivity index (χ0n) is 8.95. The van der Waals surface area contributed by atoms with Crippen LogP contribution >= 0.6 is 23.2 Å². The molecule has 1 amide bonds. The molecule has 0 spiro atoms. The van der Waals surface area contributed by atoms with Gasteiger partial charge in [0.2, 0.25) is 0 Å². The molecule has 1 heterocycles. The molecule has 0 radical (unpaired) electrons. The molecule has 92 valence electrons. The van der Waals surface area contributed by atoms with Gasteiger partial charge >= 0.3 is 0 Å². The van der Waals surface area contributed by atoms with Gasteiger partial charge in [-0.3, -0.25) is 9.78 Å². The van der Waals surface area contributed by atoms with Crippen molar-refractivity contribution in [2.24, 2.45) is 0 Å². The van der Waals surface area contributed by atoms with E-state index in [0.29, 0.717) is 5.69 Å². The van der Waals surface area contributed by atoms with Gasteiger partial charge in [0.25, 0.3) is 5.91 Å². The molecule has 0 saturated carbocycles. The zero-order chi connectivity index (χ0) is 13.1. The van der Waals surface area contributed by atoms with E-state index in [0.717, 1.165) is 6.07 Å². The van der Waals surface area contributed by atoms with Gasteiger partial charge < -0.3 is 5.32 Å². The molecular weight excluding hydrogens is 278 g/mol. The van der Waals surface area contributed by atoms with E-state index in [1.54, 1.807) is 0 Å². The standard InChI is InChI=1S/C12H7Cl2FN2O/c13-9-2-1-7(5-11(9)15)17-12(18)8-3-4-16-6-10(8)14/h1-6H,(H,17,18). The smallest absolute Gasteiger partial charge is 0.257 e. The average molecular weight is 285 g/mol. The highest BCUT2D eigenvalue weighted by Crippen LogP contribution is 2.20. The van der Waals surface area contributed by atoms with Crippen LogP contribution in [0.15, 0.2) is 36.7 Å². The third-order valence-corrected chi connectivity index (χ3v) is 2.80. The number of nitrogens with zero attached hydrogens (tertiary/aromatic N) is 1. The van der Waals surface area contributed by atoms with Crippen LogP contribution in [0.4, 0.5) is 10.1 Å². The Morgan fingerprint density at radius 1 is 1.22 bits per heavy atom. The molecule has 2 aromatic rings. The summed E-state index contributed by atoms with van der Waals surface area (Å²) in [4.78, 5) is 15.6. The highest BCUT2D eigenvalue weighted by Gasteiger charge is 2.11. The molecule has 6 heteroatoms. The summed E-state index contributed by atoms with van der Waals surface area (Å²) < 4.78 is 13.2. The number of aromatic nitrogens is 1. The van der Waals surface area contributed by atoms with Crippen molar-refractivity contribution >= 4 is 34.8 Å². The summed E-state index contributed by atoms with van der Waals surface area (Å²) in [5.74, 6) is -1.04. The summed E-state index contributed by atoms with van der Waals surface area (Å²) in [6.07, 6.45) is 2.81. The molecule has 0 atom stereocenters. The van der Waals surface area contributed by atoms with Gasteiger partial charge in [0.15, 0.2) is 0 Å². The second-order valence-electron chi connectivity index (χ2n) is 3.44. The third-order valence-electron chi connectivity index (χ3n) is 2.19. The van der Waals surface area contributed by atoms with Crippen molar-refractivity contribution in [3.63, 3.8) is 0 Å². The molecule has 0 unspecified atom stereocenters. The quantitative estimate of drug-likeness (QED) is 0.912. The minimum atomic E-state index is -0.602. The Kier molecular flexibility index (Phi) is 3.79. The van der Waals surface area contributed by atoms with Crippen molar-refractivity contribution in [1.29, 1.82) is 0 Å². The number of hydrogen-bond donors (Lipinski definition) is 1. The molecular formula is C12H7Cl2FN2O. The molecule has 0 aliphatic carbocycles. The number of carbonyl (C=O) groups is 1. The van der Waals surface area contributed by atoms with E-state index in [-0.39, 0.29) is 15.6 Å². The van der Waals surface area contributed by atoms with Crippen molar-refractivity contribution < 1.29 is 9.18 Å². The number of pyridine rings is 1. The first kappa shape index (κ1) is 12.8. The number of rotatable bonds is 2. The Morgan fingerprint density at radius 3 is 2.67 bits per heavy atom. The fourth-order valence-electron chi connectivity index (χ4n) is 1.33. The lowest BCUT2D eigenvalue weighted by molar-refractivity contribution is 0.102. The van der Waals surface area contributed by atoms with Crippen molar-refractivity contribution in [3.8, 4) is 0 Å². The molecule has 0 fully saturated rings. The number of hydrogen-bond acceptors (Lipinski definition) is 2. The number of halogens is 3. The maximum absolute atomic E-state index is 13.2. The maximum atomic E-state index is 13.2. The van der Waals surface area contributed by atoms with E-state index < -0.39 is 11.7 Å². The topological polar surface area (TPSA) is 42.0 Å². The van der Waals surface area contributed by atoms with Gasteiger partial charge in [-0.15, -0.1) is 0 Å². The lowest BCUT2D eigenvalue weighted by atomic mass is 10.2. The lowest BCUT2D eigenvalue weighted by Gasteiger charge is -2.06. The van der Waals surface area contributed by atoms with E-state index in [1.807, 2.05) is 0 Å². The van der Waals surface area contributed by atoms with Gasteiger partial charge in [0.1, 0.15) is 5.82 Å². The number of amides is 1. The van der Waals surface area contributed by atoms with Crippen molar-refractivity contribution in [3.05, 3.63) is 58.1 Å². The lowest BCUT2D eigenvalue weighted by Crippen LogP contribution is -2.12. The monoisotopic (exact) mass is 284 g/mol. The predicted octanol–water partition coefficient (Wildman–Crippen LogP) is 3.78. The first-order chi connectivity index (χ1) is 8.58. The van der Waals surface area contributed by atoms with Gasteiger partial charge in [-0.1, -0.05) is 23.2 Å². The summed E-state index contributed by atoms with van der Waals surface area (Å²) in [6, 6.07) is 5.47. The van der Waals surface area contributed by atoms with Crippen LogP contribution in [0.3, 0.4) is 0 Å². The Morgan fingerprint density at radius 2 is 2.00 bits per heavy atom. The van der Waals surface area contributed by atoms with Crippen LogP contribution in [0.25, 0.3) is 0 Å². The van der Waals surface area contributed by atoms with Gasteiger partial charge in [-0.25, -0.2) is 4.39 Å². The van der Waals surface area contributed by atoms with Crippen LogP contribution in [-0.4, -0.2) is 10.9 Å². The highest BCUT2D eigenvalue weighted by molar-refractivity contribution is 6.34. The molecule has 3 nitrogen and oxygen atoms in total. The second kappa shape index (κ2) is 5.33. The maximum Gasteiger partial charge on any atom is 0.257 e. The minimum Gasteiger partial charge on any atom is -0.322 e. The third kappa shape index (κ3) is 2.78. The molecule has 0 aliphatic heterocycles. The van der Waals surface area contributed by atoms with E-state index in [2.05, 4.69) is 10.3 Å². The van der Waals surface area contributed by atoms with Crippen LogP contribution < -0.4 is 5.32 Å². The molecule has 2 rings (SSSR count). The summed E-state index contributed by atoms with van der Waals surface area (Å²) in [6.45, 7) is 0. The normalized spacial score (nSPS) is 10.2. The highest BCUT2D eigenvalue weighted by atomic mass is 35.5. The van der Waals surface area contributed by atoms with Crippen molar-refractivity contribution in [2.75, 3.05) is 5.32 Å². The number of anilines is 1. The van der Waals surface area contributed by atoms with Gasteiger partial charge in [-0.2, -0.15) is 0 Å². The minimum absolute atomic E-state index is 0.00468. The van der Waals surface area contributed by atoms with Crippen LogP contribution in [0.1, 0.15) is 10.4 Å². The molecule has 18 heavy (non-hydrogen) atoms. The Bertz CT molecular complexity index is 604. The van der Waals surface area contributed by atoms with Crippen molar-refractivity contribution in [1.82, 2.24) is 4.98 Å². The molecule has 1 aromatic heterocycles. The number of carbonyl (C=O) groups excluding carboxylic acids is 1. The Labute approximate surface area is 113 Å². The second-order valence-corrected chi connectivity index (χ2v) is 4.25. The first-order valence-electron chi connectivity index (χ1n) is 4.94. The number of benzene rings is 1. The summed E-state index contributed by atoms with van der Waals surface area (Å²) in [5.41, 5.74) is 0.566. The fourth-order valence-corrected chi connectivity index (χ4v) is 1.65. The van der Waals surface area contributed by atoms with Gasteiger partial charge in [0, 0.05) is 18.1 Å². The molecule has 1 aromatic carbocycles. The molecule has 1 N–H and O–H groups in total. The molecule has 0 aliphatic rings. The largest absolute Gasteiger partial charge is 0.322 e. The molecule has 0 bridgehead atoms. The summed E-state index contributed by atoms with van der Waals surface area (Å²) in [7, 11) is 0. The summed E-state index contributed by atoms with van der Waals surface area (Å²) >= 11 is 11.4. The SMILES string of the molecule is O=C(Nc1ccc(Cl)c(F)c1)c1ccncc1Cl. The Balaban J connectivity index is 2.22.